The van der Waals surface area contributed by atoms with Crippen molar-refractivity contribution >= 4 is 23.3 Å². The summed E-state index contributed by atoms with van der Waals surface area (Å²) in [6, 6.07) is 7.70. The molecule has 7 nitrogen and oxygen atoms in total. The summed E-state index contributed by atoms with van der Waals surface area (Å²) in [5, 5.41) is 2.86. The maximum Gasteiger partial charge on any atom is 0.339 e. The molecule has 1 fully saturated rings. The van der Waals surface area contributed by atoms with Crippen molar-refractivity contribution in [3.63, 3.8) is 0 Å². The first kappa shape index (κ1) is 18.0. The molecule has 1 aromatic carbocycles. The van der Waals surface area contributed by atoms with Crippen molar-refractivity contribution in [2.24, 2.45) is 0 Å². The number of aryl methyl sites for hydroxylation is 1. The summed E-state index contributed by atoms with van der Waals surface area (Å²) in [6.07, 6.45) is 0. The van der Waals surface area contributed by atoms with Crippen LogP contribution in [0, 0.1) is 13.8 Å². The zero-order chi connectivity index (χ0) is 18.7. The summed E-state index contributed by atoms with van der Waals surface area (Å²) in [5.41, 5.74) is 3.75. The van der Waals surface area contributed by atoms with E-state index >= 15 is 0 Å². The summed E-state index contributed by atoms with van der Waals surface area (Å²) in [6.45, 7) is 6.66. The third kappa shape index (κ3) is 3.57. The third-order valence-corrected chi connectivity index (χ3v) is 4.56. The van der Waals surface area contributed by atoms with Crippen molar-refractivity contribution < 1.29 is 19.1 Å². The molecule has 0 radical (unpaired) electrons. The van der Waals surface area contributed by atoms with Gasteiger partial charge in [0.25, 0.3) is 5.91 Å². The molecule has 0 atom stereocenters. The Labute approximate surface area is 152 Å². The van der Waals surface area contributed by atoms with E-state index in [1.807, 2.05) is 24.3 Å². The second kappa shape index (κ2) is 7.61. The van der Waals surface area contributed by atoms with Crippen LogP contribution in [0.15, 0.2) is 24.3 Å². The Kier molecular flexibility index (Phi) is 5.27. The standard InChI is InChI=1S/C19H23N3O4/c1-12-16(19(24)25-3)13(2)20-17(12)18(23)21-14-4-6-15(7-5-14)22-8-10-26-11-9-22/h4-7,20H,8-11H2,1-3H3,(H,21,23). The molecule has 1 saturated heterocycles. The molecule has 2 heterocycles. The summed E-state index contributed by atoms with van der Waals surface area (Å²) < 4.78 is 10.1. The van der Waals surface area contributed by atoms with Crippen LogP contribution in [0.1, 0.15) is 32.1 Å². The number of morpholine rings is 1. The Balaban J connectivity index is 1.73. The van der Waals surface area contributed by atoms with Gasteiger partial charge in [0.05, 0.1) is 25.9 Å². The second-order valence-electron chi connectivity index (χ2n) is 6.22. The largest absolute Gasteiger partial charge is 0.465 e. The molecule has 0 spiro atoms. The van der Waals surface area contributed by atoms with E-state index in [0.29, 0.717) is 28.2 Å². The fraction of sp³-hybridized carbons (Fsp3) is 0.368. The fourth-order valence-corrected chi connectivity index (χ4v) is 3.16. The smallest absolute Gasteiger partial charge is 0.339 e. The SMILES string of the molecule is COC(=O)c1c(C)[nH]c(C(=O)Nc2ccc(N3CCOCC3)cc2)c1C. The van der Waals surface area contributed by atoms with E-state index < -0.39 is 5.97 Å². The van der Waals surface area contributed by atoms with Gasteiger partial charge in [-0.15, -0.1) is 0 Å². The topological polar surface area (TPSA) is 83.7 Å². The number of amides is 1. The molecule has 3 rings (SSSR count). The number of nitrogens with zero attached hydrogens (tertiary/aromatic N) is 1. The highest BCUT2D eigenvalue weighted by Gasteiger charge is 2.22. The van der Waals surface area contributed by atoms with E-state index in [1.165, 1.54) is 7.11 Å². The number of carbonyl (C=O) groups is 2. The number of nitrogens with one attached hydrogen (secondary N) is 2. The van der Waals surface area contributed by atoms with Gasteiger partial charge in [-0.3, -0.25) is 4.79 Å². The number of hydrogen-bond acceptors (Lipinski definition) is 5. The molecule has 0 saturated carbocycles. The number of hydrogen-bond donors (Lipinski definition) is 2. The lowest BCUT2D eigenvalue weighted by Crippen LogP contribution is -2.36. The van der Waals surface area contributed by atoms with Crippen LogP contribution in [0.25, 0.3) is 0 Å². The molecule has 0 aliphatic carbocycles. The number of methoxy groups -OCH3 is 1. The van der Waals surface area contributed by atoms with Crippen molar-refractivity contribution in [3.8, 4) is 0 Å². The van der Waals surface area contributed by atoms with Crippen LogP contribution in [0.4, 0.5) is 11.4 Å². The lowest BCUT2D eigenvalue weighted by molar-refractivity contribution is 0.0599. The maximum atomic E-state index is 12.6. The van der Waals surface area contributed by atoms with Crippen LogP contribution in [0.2, 0.25) is 0 Å². The quantitative estimate of drug-likeness (QED) is 0.822. The van der Waals surface area contributed by atoms with Gasteiger partial charge in [-0.05, 0) is 43.7 Å². The molecule has 1 amide bonds. The average Bonchev–Trinajstić information content (AvgIpc) is 2.97. The molecule has 2 aromatic rings. The Morgan fingerprint density at radius 1 is 1.15 bits per heavy atom. The lowest BCUT2D eigenvalue weighted by Gasteiger charge is -2.28. The zero-order valence-corrected chi connectivity index (χ0v) is 15.2. The molecule has 0 bridgehead atoms. The van der Waals surface area contributed by atoms with E-state index in [0.717, 1.165) is 32.0 Å². The first-order valence-corrected chi connectivity index (χ1v) is 8.53. The highest BCUT2D eigenvalue weighted by molar-refractivity contribution is 6.06. The molecule has 1 aromatic heterocycles. The van der Waals surface area contributed by atoms with Gasteiger partial charge in [0.15, 0.2) is 0 Å². The fourth-order valence-electron chi connectivity index (χ4n) is 3.16. The molecule has 1 aliphatic heterocycles. The van der Waals surface area contributed by atoms with Gasteiger partial charge in [0.2, 0.25) is 0 Å². The molecular formula is C19H23N3O4. The summed E-state index contributed by atoms with van der Waals surface area (Å²) in [5.74, 6) is -0.745. The normalized spacial score (nSPS) is 14.2. The minimum atomic E-state index is -0.454. The molecule has 1 aliphatic rings. The average molecular weight is 357 g/mol. The van der Waals surface area contributed by atoms with E-state index in [-0.39, 0.29) is 5.91 Å². The van der Waals surface area contributed by atoms with Gasteiger partial charge in [-0.1, -0.05) is 0 Å². The van der Waals surface area contributed by atoms with E-state index in [4.69, 9.17) is 9.47 Å². The van der Waals surface area contributed by atoms with Crippen molar-refractivity contribution in [1.29, 1.82) is 0 Å². The Morgan fingerprint density at radius 3 is 2.42 bits per heavy atom. The van der Waals surface area contributed by atoms with E-state index in [2.05, 4.69) is 15.2 Å². The van der Waals surface area contributed by atoms with Gasteiger partial charge in [-0.25, -0.2) is 4.79 Å². The number of ether oxygens (including phenoxy) is 2. The first-order chi connectivity index (χ1) is 12.5. The van der Waals surface area contributed by atoms with E-state index in [9.17, 15) is 9.59 Å². The van der Waals surface area contributed by atoms with Gasteiger partial charge >= 0.3 is 5.97 Å². The van der Waals surface area contributed by atoms with Crippen LogP contribution in [-0.4, -0.2) is 50.3 Å². The number of aromatic nitrogens is 1. The van der Waals surface area contributed by atoms with Crippen LogP contribution in [0.3, 0.4) is 0 Å². The highest BCUT2D eigenvalue weighted by atomic mass is 16.5. The number of esters is 1. The monoisotopic (exact) mass is 357 g/mol. The third-order valence-electron chi connectivity index (χ3n) is 4.56. The number of benzene rings is 1. The van der Waals surface area contributed by atoms with E-state index in [1.54, 1.807) is 13.8 Å². The first-order valence-electron chi connectivity index (χ1n) is 8.53. The van der Waals surface area contributed by atoms with Crippen molar-refractivity contribution in [1.82, 2.24) is 4.98 Å². The Morgan fingerprint density at radius 2 is 1.81 bits per heavy atom. The van der Waals surface area contributed by atoms with Crippen LogP contribution >= 0.6 is 0 Å². The maximum absolute atomic E-state index is 12.6. The van der Waals surface area contributed by atoms with Crippen molar-refractivity contribution in [2.45, 2.75) is 13.8 Å². The minimum Gasteiger partial charge on any atom is -0.465 e. The number of aromatic amines is 1. The van der Waals surface area contributed by atoms with Gasteiger partial charge < -0.3 is 24.7 Å². The Bertz CT molecular complexity index is 805. The second-order valence-corrected chi connectivity index (χ2v) is 6.22. The number of H-pyrrole nitrogens is 1. The zero-order valence-electron chi connectivity index (χ0n) is 15.2. The predicted octanol–water partition coefficient (Wildman–Crippen LogP) is 2.51. The molecule has 26 heavy (non-hydrogen) atoms. The number of carbonyl (C=O) groups excluding carboxylic acids is 2. The van der Waals surface area contributed by atoms with Crippen molar-refractivity contribution in [3.05, 3.63) is 46.8 Å². The molecule has 138 valence electrons. The summed E-state index contributed by atoms with van der Waals surface area (Å²) in [4.78, 5) is 29.6. The lowest BCUT2D eigenvalue weighted by atomic mass is 10.1. The summed E-state index contributed by atoms with van der Waals surface area (Å²) in [7, 11) is 1.32. The molecular weight excluding hydrogens is 334 g/mol. The van der Waals surface area contributed by atoms with Crippen LogP contribution < -0.4 is 10.2 Å². The predicted molar refractivity (Wildman–Crippen MR) is 99.0 cm³/mol. The van der Waals surface area contributed by atoms with Gasteiger partial charge in [0.1, 0.15) is 5.69 Å². The number of anilines is 2. The minimum absolute atomic E-state index is 0.292. The summed E-state index contributed by atoms with van der Waals surface area (Å²) >= 11 is 0. The Hall–Kier alpha value is -2.80. The highest BCUT2D eigenvalue weighted by Crippen LogP contribution is 2.22. The number of rotatable bonds is 4. The molecule has 0 unspecified atom stereocenters. The van der Waals surface area contributed by atoms with Crippen LogP contribution in [0.5, 0.6) is 0 Å². The van der Waals surface area contributed by atoms with Gasteiger partial charge in [0, 0.05) is 30.2 Å². The van der Waals surface area contributed by atoms with Gasteiger partial charge in [-0.2, -0.15) is 0 Å². The molecule has 2 N–H and O–H groups in total. The van der Waals surface area contributed by atoms with Crippen LogP contribution in [-0.2, 0) is 9.47 Å². The van der Waals surface area contributed by atoms with Crippen molar-refractivity contribution in [2.75, 3.05) is 43.6 Å². The molecule has 7 heteroatoms.